The maximum Gasteiger partial charge on any atom is 0.292 e. The number of amides is 1. The van der Waals surface area contributed by atoms with Crippen molar-refractivity contribution in [3.63, 3.8) is 0 Å². The smallest absolute Gasteiger partial charge is 0.292 e. The number of ether oxygens (including phenoxy) is 2. The minimum Gasteiger partial charge on any atom is -0.337 e. The van der Waals surface area contributed by atoms with Crippen molar-refractivity contribution >= 4 is 23.2 Å². The first-order valence-corrected chi connectivity index (χ1v) is 10.4. The van der Waals surface area contributed by atoms with Crippen LogP contribution in [0, 0.1) is 0 Å². The number of halogens is 1. The van der Waals surface area contributed by atoms with Crippen LogP contribution in [0.15, 0.2) is 78.9 Å². The zero-order valence-electron chi connectivity index (χ0n) is 16.7. The SMILES string of the molecule is CC1(c2ccccc2)COC2(OC1)C(=O)N(Cc1ccccc1Cl)c1ccccc12. The molecule has 5 rings (SSSR count). The van der Waals surface area contributed by atoms with Gasteiger partial charge in [0.2, 0.25) is 0 Å². The molecule has 30 heavy (non-hydrogen) atoms. The molecule has 2 aliphatic rings. The maximum absolute atomic E-state index is 13.6. The minimum atomic E-state index is -1.41. The lowest BCUT2D eigenvalue weighted by Crippen LogP contribution is -2.53. The third-order valence-corrected chi connectivity index (χ3v) is 6.39. The molecule has 1 spiro atoms. The standard InChI is InChI=1S/C25H22ClNO3/c1-24(19-10-3-2-4-11-19)16-29-25(30-17-24)20-12-6-8-14-22(20)27(23(25)28)15-18-9-5-7-13-21(18)26/h2-14H,15-17H2,1H3. The molecule has 1 saturated heterocycles. The first kappa shape index (κ1) is 19.3. The largest absolute Gasteiger partial charge is 0.337 e. The number of carbonyl (C=O) groups excluding carboxylic acids is 1. The van der Waals surface area contributed by atoms with Crippen LogP contribution >= 0.6 is 11.6 Å². The van der Waals surface area contributed by atoms with Crippen LogP contribution in [-0.4, -0.2) is 19.1 Å². The molecule has 5 heteroatoms. The van der Waals surface area contributed by atoms with Crippen molar-refractivity contribution in [2.75, 3.05) is 18.1 Å². The summed E-state index contributed by atoms with van der Waals surface area (Å²) < 4.78 is 12.6. The monoisotopic (exact) mass is 419 g/mol. The Morgan fingerprint density at radius 2 is 1.53 bits per heavy atom. The molecule has 0 unspecified atom stereocenters. The predicted octanol–water partition coefficient (Wildman–Crippen LogP) is 5.04. The highest BCUT2D eigenvalue weighted by molar-refractivity contribution is 6.31. The number of benzene rings is 3. The quantitative estimate of drug-likeness (QED) is 0.596. The van der Waals surface area contributed by atoms with Crippen molar-refractivity contribution in [2.24, 2.45) is 0 Å². The van der Waals surface area contributed by atoms with Crippen molar-refractivity contribution in [3.8, 4) is 0 Å². The number of hydrogen-bond donors (Lipinski definition) is 0. The van der Waals surface area contributed by atoms with E-state index in [9.17, 15) is 4.79 Å². The van der Waals surface area contributed by atoms with Crippen molar-refractivity contribution in [3.05, 3.63) is 101 Å². The summed E-state index contributed by atoms with van der Waals surface area (Å²) in [7, 11) is 0. The summed E-state index contributed by atoms with van der Waals surface area (Å²) in [5.41, 5.74) is 3.23. The minimum absolute atomic E-state index is 0.210. The summed E-state index contributed by atoms with van der Waals surface area (Å²) in [6.07, 6.45) is 0. The van der Waals surface area contributed by atoms with Crippen LogP contribution in [-0.2, 0) is 32.0 Å². The highest BCUT2D eigenvalue weighted by Gasteiger charge is 2.57. The van der Waals surface area contributed by atoms with Gasteiger partial charge in [-0.05, 0) is 23.3 Å². The fraction of sp³-hybridized carbons (Fsp3) is 0.240. The molecule has 152 valence electrons. The number of fused-ring (bicyclic) bond motifs is 2. The van der Waals surface area contributed by atoms with Gasteiger partial charge in [0.05, 0.1) is 25.4 Å². The van der Waals surface area contributed by atoms with Crippen LogP contribution in [0.5, 0.6) is 0 Å². The topological polar surface area (TPSA) is 38.8 Å². The Bertz CT molecular complexity index is 1090. The van der Waals surface area contributed by atoms with E-state index in [1.54, 1.807) is 4.90 Å². The summed E-state index contributed by atoms with van der Waals surface area (Å²) in [6.45, 7) is 3.23. The predicted molar refractivity (Wildman–Crippen MR) is 116 cm³/mol. The van der Waals surface area contributed by atoms with Crippen LogP contribution in [0.3, 0.4) is 0 Å². The van der Waals surface area contributed by atoms with Gasteiger partial charge in [0.25, 0.3) is 11.7 Å². The fourth-order valence-electron chi connectivity index (χ4n) is 4.23. The summed E-state index contributed by atoms with van der Waals surface area (Å²) in [4.78, 5) is 15.3. The van der Waals surface area contributed by atoms with E-state index in [0.29, 0.717) is 24.8 Å². The molecule has 0 bridgehead atoms. The first-order valence-electron chi connectivity index (χ1n) is 10.0. The number of nitrogens with zero attached hydrogens (tertiary/aromatic N) is 1. The van der Waals surface area contributed by atoms with Crippen LogP contribution in [0.1, 0.15) is 23.6 Å². The average Bonchev–Trinajstić information content (AvgIpc) is 3.01. The zero-order chi connectivity index (χ0) is 20.8. The van der Waals surface area contributed by atoms with E-state index < -0.39 is 5.79 Å². The number of anilines is 1. The molecule has 2 aliphatic heterocycles. The van der Waals surface area contributed by atoms with E-state index in [1.807, 2.05) is 66.7 Å². The number of hydrogen-bond acceptors (Lipinski definition) is 3. The van der Waals surface area contributed by atoms with Gasteiger partial charge in [-0.25, -0.2) is 0 Å². The first-order chi connectivity index (χ1) is 14.5. The second-order valence-corrected chi connectivity index (χ2v) is 8.53. The molecule has 0 aromatic heterocycles. The van der Waals surface area contributed by atoms with E-state index in [-0.39, 0.29) is 11.3 Å². The summed E-state index contributed by atoms with van der Waals surface area (Å²) in [5, 5.41) is 0.630. The Labute approximate surface area is 181 Å². The van der Waals surface area contributed by atoms with Gasteiger partial charge in [-0.3, -0.25) is 4.79 Å². The van der Waals surface area contributed by atoms with Crippen LogP contribution in [0.4, 0.5) is 5.69 Å². The molecule has 1 fully saturated rings. The Morgan fingerprint density at radius 1 is 0.900 bits per heavy atom. The molecule has 3 aromatic carbocycles. The second-order valence-electron chi connectivity index (χ2n) is 8.12. The lowest BCUT2D eigenvalue weighted by Gasteiger charge is -2.42. The highest BCUT2D eigenvalue weighted by atomic mass is 35.5. The molecule has 0 atom stereocenters. The van der Waals surface area contributed by atoms with E-state index in [0.717, 1.165) is 22.4 Å². The van der Waals surface area contributed by atoms with Crippen LogP contribution < -0.4 is 4.90 Å². The van der Waals surface area contributed by atoms with Crippen molar-refractivity contribution < 1.29 is 14.3 Å². The molecular weight excluding hydrogens is 398 g/mol. The molecule has 0 radical (unpaired) electrons. The molecule has 1 amide bonds. The molecule has 0 saturated carbocycles. The molecular formula is C25H22ClNO3. The molecule has 0 N–H and O–H groups in total. The van der Waals surface area contributed by atoms with Gasteiger partial charge in [-0.2, -0.15) is 0 Å². The highest BCUT2D eigenvalue weighted by Crippen LogP contribution is 2.48. The Morgan fingerprint density at radius 3 is 2.27 bits per heavy atom. The Kier molecular flexibility index (Phi) is 4.66. The van der Waals surface area contributed by atoms with Gasteiger partial charge in [0.15, 0.2) is 0 Å². The van der Waals surface area contributed by atoms with Crippen molar-refractivity contribution in [2.45, 2.75) is 24.7 Å². The van der Waals surface area contributed by atoms with E-state index >= 15 is 0 Å². The Hall–Kier alpha value is -2.66. The lowest BCUT2D eigenvalue weighted by atomic mass is 9.83. The molecule has 2 heterocycles. The van der Waals surface area contributed by atoms with E-state index in [1.165, 1.54) is 0 Å². The van der Waals surface area contributed by atoms with Gasteiger partial charge < -0.3 is 14.4 Å². The maximum atomic E-state index is 13.6. The van der Waals surface area contributed by atoms with Gasteiger partial charge in [-0.1, -0.05) is 85.3 Å². The number of carbonyl (C=O) groups is 1. The van der Waals surface area contributed by atoms with Crippen LogP contribution in [0.2, 0.25) is 5.02 Å². The van der Waals surface area contributed by atoms with Gasteiger partial charge in [-0.15, -0.1) is 0 Å². The van der Waals surface area contributed by atoms with E-state index in [2.05, 4.69) is 19.1 Å². The van der Waals surface area contributed by atoms with E-state index in [4.69, 9.17) is 21.1 Å². The number of rotatable bonds is 3. The summed E-state index contributed by atoms with van der Waals surface area (Å²) >= 11 is 6.36. The Balaban J connectivity index is 1.48. The van der Waals surface area contributed by atoms with Gasteiger partial charge >= 0.3 is 0 Å². The summed E-state index contributed by atoms with van der Waals surface area (Å²) in [6, 6.07) is 25.4. The van der Waals surface area contributed by atoms with Crippen molar-refractivity contribution in [1.82, 2.24) is 0 Å². The van der Waals surface area contributed by atoms with Crippen LogP contribution in [0.25, 0.3) is 0 Å². The lowest BCUT2D eigenvalue weighted by molar-refractivity contribution is -0.275. The molecule has 0 aliphatic carbocycles. The van der Waals surface area contributed by atoms with Crippen molar-refractivity contribution in [1.29, 1.82) is 0 Å². The number of para-hydroxylation sites is 1. The fourth-order valence-corrected chi connectivity index (χ4v) is 4.43. The molecule has 3 aromatic rings. The van der Waals surface area contributed by atoms with Gasteiger partial charge in [0.1, 0.15) is 0 Å². The summed E-state index contributed by atoms with van der Waals surface area (Å²) in [5.74, 6) is -1.62. The molecule has 4 nitrogen and oxygen atoms in total. The third kappa shape index (κ3) is 2.95. The second kappa shape index (κ2) is 7.24. The third-order valence-electron chi connectivity index (χ3n) is 6.02. The van der Waals surface area contributed by atoms with Gasteiger partial charge in [0, 0.05) is 16.0 Å². The normalized spacial score (nSPS) is 25.5. The zero-order valence-corrected chi connectivity index (χ0v) is 17.4. The average molecular weight is 420 g/mol.